The smallest absolute Gasteiger partial charge is 0.366 e. The fourth-order valence-corrected chi connectivity index (χ4v) is 3.52. The minimum Gasteiger partial charge on any atom is -0.492 e. The first-order chi connectivity index (χ1) is 12.0. The van der Waals surface area contributed by atoms with E-state index in [0.29, 0.717) is 11.1 Å². The maximum absolute atomic E-state index is 12.5. The molecular formula is C17H16N4O4. The third kappa shape index (κ3) is 2.22. The molecule has 0 saturated heterocycles. The van der Waals surface area contributed by atoms with Gasteiger partial charge in [0.25, 0.3) is 0 Å². The Hall–Kier alpha value is -3.42. The van der Waals surface area contributed by atoms with Crippen LogP contribution in [0.3, 0.4) is 0 Å². The highest BCUT2D eigenvalue weighted by Gasteiger charge is 2.42. The van der Waals surface area contributed by atoms with Crippen LogP contribution in [0.4, 0.5) is 5.69 Å². The van der Waals surface area contributed by atoms with E-state index >= 15 is 0 Å². The second kappa shape index (κ2) is 5.30. The highest BCUT2D eigenvalue weighted by molar-refractivity contribution is 5.96. The van der Waals surface area contributed by atoms with Crippen LogP contribution in [0.5, 0.6) is 11.8 Å². The molecule has 0 spiro atoms. The van der Waals surface area contributed by atoms with Gasteiger partial charge in [0, 0.05) is 23.0 Å². The quantitative estimate of drug-likeness (QED) is 0.377. The van der Waals surface area contributed by atoms with Gasteiger partial charge in [0.05, 0.1) is 11.3 Å². The standard InChI is InChI=1S/C17H16N4O4/c18-17(19)20-11-4-2-1-3-10(11)16(24)25-21-14(22)12-8-5-6-9(7-8)13(12)15(21)23/h1-6,8-9,22-23H,7H2,(H4,18,19,20). The number of para-hydroxylation sites is 1. The zero-order chi connectivity index (χ0) is 17.7. The summed E-state index contributed by atoms with van der Waals surface area (Å²) in [7, 11) is 0. The first kappa shape index (κ1) is 15.1. The molecule has 0 fully saturated rings. The molecule has 2 atom stereocenters. The topological polar surface area (TPSA) is 136 Å². The summed E-state index contributed by atoms with van der Waals surface area (Å²) in [5, 5.41) is 20.8. The fraction of sp³-hybridized carbons (Fsp3) is 0.176. The predicted molar refractivity (Wildman–Crippen MR) is 89.8 cm³/mol. The number of aliphatic imine (C=N–C) groups is 1. The summed E-state index contributed by atoms with van der Waals surface area (Å²) in [6.07, 6.45) is 4.77. The summed E-state index contributed by atoms with van der Waals surface area (Å²) >= 11 is 0. The number of nitrogens with zero attached hydrogens (tertiary/aromatic N) is 2. The van der Waals surface area contributed by atoms with Gasteiger partial charge in [-0.15, -0.1) is 4.73 Å². The lowest BCUT2D eigenvalue weighted by Gasteiger charge is -2.10. The number of aromatic hydroxyl groups is 2. The zero-order valence-electron chi connectivity index (χ0n) is 13.1. The van der Waals surface area contributed by atoms with Crippen molar-refractivity contribution < 1.29 is 19.8 Å². The van der Waals surface area contributed by atoms with Crippen molar-refractivity contribution in [1.29, 1.82) is 0 Å². The molecule has 4 rings (SSSR count). The van der Waals surface area contributed by atoms with E-state index in [-0.39, 0.29) is 40.8 Å². The SMILES string of the molecule is NC(N)=Nc1ccccc1C(=O)On1c(O)c2c(c1O)C1C=CC2C1. The van der Waals surface area contributed by atoms with E-state index in [1.165, 1.54) is 6.07 Å². The highest BCUT2D eigenvalue weighted by Crippen LogP contribution is 2.56. The molecule has 0 saturated carbocycles. The first-order valence-corrected chi connectivity index (χ1v) is 7.73. The molecule has 2 unspecified atom stereocenters. The molecule has 2 aromatic rings. The highest BCUT2D eigenvalue weighted by atomic mass is 16.7. The predicted octanol–water partition coefficient (Wildman–Crippen LogP) is 1.21. The van der Waals surface area contributed by atoms with Gasteiger partial charge in [-0.05, 0) is 18.6 Å². The summed E-state index contributed by atoms with van der Waals surface area (Å²) < 4.78 is 0.755. The van der Waals surface area contributed by atoms with Crippen molar-refractivity contribution in [3.8, 4) is 11.8 Å². The number of hydrogen-bond donors (Lipinski definition) is 4. The van der Waals surface area contributed by atoms with Crippen LogP contribution in [0.25, 0.3) is 0 Å². The molecule has 2 bridgehead atoms. The summed E-state index contributed by atoms with van der Waals surface area (Å²) in [5.74, 6) is -1.48. The minimum atomic E-state index is -0.805. The molecule has 1 aromatic heterocycles. The molecule has 0 amide bonds. The number of rotatable bonds is 3. The molecule has 0 radical (unpaired) electrons. The number of allylic oxidation sites excluding steroid dienone is 2. The molecule has 8 heteroatoms. The van der Waals surface area contributed by atoms with Gasteiger partial charge in [-0.25, -0.2) is 9.79 Å². The van der Waals surface area contributed by atoms with Gasteiger partial charge < -0.3 is 26.5 Å². The van der Waals surface area contributed by atoms with E-state index in [1.807, 2.05) is 12.2 Å². The van der Waals surface area contributed by atoms with Crippen molar-refractivity contribution in [3.63, 3.8) is 0 Å². The summed E-state index contributed by atoms with van der Waals surface area (Å²) in [6, 6.07) is 6.33. The first-order valence-electron chi connectivity index (χ1n) is 7.73. The third-order valence-electron chi connectivity index (χ3n) is 4.53. The summed E-state index contributed by atoms with van der Waals surface area (Å²) in [5.41, 5.74) is 12.3. The normalized spacial score (nSPS) is 19.7. The van der Waals surface area contributed by atoms with Crippen LogP contribution in [-0.4, -0.2) is 26.9 Å². The molecule has 8 nitrogen and oxygen atoms in total. The van der Waals surface area contributed by atoms with E-state index < -0.39 is 5.97 Å². The van der Waals surface area contributed by atoms with Crippen LogP contribution in [0, 0.1) is 0 Å². The Morgan fingerprint density at radius 3 is 2.32 bits per heavy atom. The van der Waals surface area contributed by atoms with Crippen molar-refractivity contribution in [3.05, 3.63) is 53.1 Å². The molecule has 6 N–H and O–H groups in total. The van der Waals surface area contributed by atoms with E-state index in [4.69, 9.17) is 16.3 Å². The zero-order valence-corrected chi connectivity index (χ0v) is 13.1. The van der Waals surface area contributed by atoms with Crippen molar-refractivity contribution in [2.24, 2.45) is 16.5 Å². The number of aromatic nitrogens is 1. The van der Waals surface area contributed by atoms with Crippen LogP contribution in [0.2, 0.25) is 0 Å². The second-order valence-corrected chi connectivity index (χ2v) is 6.04. The van der Waals surface area contributed by atoms with Crippen LogP contribution < -0.4 is 16.3 Å². The molecule has 0 aliphatic heterocycles. The largest absolute Gasteiger partial charge is 0.492 e. The molecule has 1 aromatic carbocycles. The molecule has 128 valence electrons. The van der Waals surface area contributed by atoms with Crippen LogP contribution >= 0.6 is 0 Å². The molecule has 2 aliphatic carbocycles. The maximum atomic E-state index is 12.5. The summed E-state index contributed by atoms with van der Waals surface area (Å²) in [4.78, 5) is 21.6. The van der Waals surface area contributed by atoms with Gasteiger partial charge in [0.1, 0.15) is 0 Å². The second-order valence-electron chi connectivity index (χ2n) is 6.04. The van der Waals surface area contributed by atoms with Crippen molar-refractivity contribution in [2.75, 3.05) is 0 Å². The molecular weight excluding hydrogens is 324 g/mol. The minimum absolute atomic E-state index is 0.0276. The number of carbonyl (C=O) groups excluding carboxylic acids is 1. The Labute approximate surface area is 142 Å². The van der Waals surface area contributed by atoms with Gasteiger partial charge in [-0.3, -0.25) is 0 Å². The van der Waals surface area contributed by atoms with Crippen LogP contribution in [0.1, 0.15) is 39.7 Å². The lowest BCUT2D eigenvalue weighted by Crippen LogP contribution is -2.23. The van der Waals surface area contributed by atoms with Crippen LogP contribution in [0.15, 0.2) is 41.4 Å². The number of carbonyl (C=O) groups is 1. The number of fused-ring (bicyclic) bond motifs is 5. The molecule has 2 aliphatic rings. The Bertz CT molecular complexity index is 905. The van der Waals surface area contributed by atoms with E-state index in [0.717, 1.165) is 11.2 Å². The van der Waals surface area contributed by atoms with Gasteiger partial charge in [-0.2, -0.15) is 0 Å². The Kier molecular flexibility index (Phi) is 3.21. The van der Waals surface area contributed by atoms with Gasteiger partial charge in [0.15, 0.2) is 5.96 Å². The average Bonchev–Trinajstić information content (AvgIpc) is 3.24. The van der Waals surface area contributed by atoms with Crippen molar-refractivity contribution in [1.82, 2.24) is 4.73 Å². The lowest BCUT2D eigenvalue weighted by atomic mass is 10.0. The third-order valence-corrected chi connectivity index (χ3v) is 4.53. The lowest BCUT2D eigenvalue weighted by molar-refractivity contribution is 0.0379. The molecule has 1 heterocycles. The van der Waals surface area contributed by atoms with Crippen molar-refractivity contribution >= 4 is 17.6 Å². The fourth-order valence-electron chi connectivity index (χ4n) is 3.52. The monoisotopic (exact) mass is 340 g/mol. The number of nitrogens with two attached hydrogens (primary N) is 2. The van der Waals surface area contributed by atoms with Gasteiger partial charge in [-0.1, -0.05) is 24.3 Å². The van der Waals surface area contributed by atoms with Gasteiger partial charge >= 0.3 is 5.97 Å². The number of guanidine groups is 1. The van der Waals surface area contributed by atoms with Gasteiger partial charge in [0.2, 0.25) is 11.8 Å². The molecule has 25 heavy (non-hydrogen) atoms. The van der Waals surface area contributed by atoms with E-state index in [2.05, 4.69) is 4.99 Å². The number of benzene rings is 1. The van der Waals surface area contributed by atoms with E-state index in [9.17, 15) is 15.0 Å². The Balaban J connectivity index is 1.69. The average molecular weight is 340 g/mol. The van der Waals surface area contributed by atoms with Crippen LogP contribution in [-0.2, 0) is 0 Å². The summed E-state index contributed by atoms with van der Waals surface area (Å²) in [6.45, 7) is 0. The van der Waals surface area contributed by atoms with Crippen molar-refractivity contribution in [2.45, 2.75) is 18.3 Å². The maximum Gasteiger partial charge on any atom is 0.366 e. The number of hydrogen-bond acceptors (Lipinski definition) is 5. The van der Waals surface area contributed by atoms with E-state index in [1.54, 1.807) is 18.2 Å². The Morgan fingerprint density at radius 2 is 1.72 bits per heavy atom. The Morgan fingerprint density at radius 1 is 1.12 bits per heavy atom.